The summed E-state index contributed by atoms with van der Waals surface area (Å²) in [5.41, 5.74) is 0. The molecule has 1 fully saturated rings. The smallest absolute Gasteiger partial charge is 0.306 e. The molecule has 0 bridgehead atoms. The fraction of sp³-hybridized carbons (Fsp3) is 0.860. The van der Waals surface area contributed by atoms with Crippen LogP contribution < -0.4 is 0 Å². The largest absolute Gasteiger partial charge is 0.457 e. The molecule has 1 saturated heterocycles. The molecule has 4 N–H and O–H groups in total. The number of aliphatic hydroxyl groups excluding tert-OH is 4. The van der Waals surface area contributed by atoms with E-state index in [9.17, 15) is 25.2 Å². The molecular formula is C50H92O9. The second kappa shape index (κ2) is 41.7. The fourth-order valence-corrected chi connectivity index (χ4v) is 7.44. The molecule has 0 aromatic heterocycles. The molecule has 6 atom stereocenters. The molecule has 0 aliphatic carbocycles. The Morgan fingerprint density at radius 2 is 0.983 bits per heavy atom. The summed E-state index contributed by atoms with van der Waals surface area (Å²) in [7, 11) is 0. The van der Waals surface area contributed by atoms with E-state index in [2.05, 4.69) is 50.3 Å². The Kier molecular flexibility index (Phi) is 39.2. The molecule has 0 amide bonds. The van der Waals surface area contributed by atoms with Crippen molar-refractivity contribution >= 4 is 5.97 Å². The number of hydrogen-bond acceptors (Lipinski definition) is 9. The van der Waals surface area contributed by atoms with Gasteiger partial charge in [-0.1, -0.05) is 192 Å². The highest BCUT2D eigenvalue weighted by atomic mass is 16.7. The van der Waals surface area contributed by atoms with Crippen LogP contribution in [0, 0.1) is 0 Å². The molecular weight excluding hydrogens is 745 g/mol. The number of allylic oxidation sites excluding steroid dienone is 6. The maximum absolute atomic E-state index is 12.8. The highest BCUT2D eigenvalue weighted by Crippen LogP contribution is 2.23. The van der Waals surface area contributed by atoms with E-state index in [1.165, 1.54) is 135 Å². The van der Waals surface area contributed by atoms with Crippen LogP contribution in [0.5, 0.6) is 0 Å². The molecule has 1 rings (SSSR count). The van der Waals surface area contributed by atoms with Gasteiger partial charge in [0.2, 0.25) is 0 Å². The van der Waals surface area contributed by atoms with Crippen molar-refractivity contribution in [3.05, 3.63) is 36.5 Å². The number of unbranched alkanes of at least 4 members (excludes halogenated alkanes) is 25. The van der Waals surface area contributed by atoms with E-state index in [-0.39, 0.29) is 19.2 Å². The highest BCUT2D eigenvalue weighted by molar-refractivity contribution is 5.69. The molecule has 0 aromatic rings. The zero-order chi connectivity index (χ0) is 42.9. The Morgan fingerprint density at radius 1 is 0.542 bits per heavy atom. The van der Waals surface area contributed by atoms with Gasteiger partial charge in [-0.05, 0) is 51.4 Å². The van der Waals surface area contributed by atoms with Gasteiger partial charge in [0.25, 0.3) is 0 Å². The van der Waals surface area contributed by atoms with E-state index < -0.39 is 43.4 Å². The van der Waals surface area contributed by atoms with Crippen LogP contribution in [0.25, 0.3) is 0 Å². The van der Waals surface area contributed by atoms with E-state index in [1.807, 2.05) is 0 Å². The first-order valence-electron chi connectivity index (χ1n) is 24.6. The normalized spacial score (nSPS) is 20.4. The van der Waals surface area contributed by atoms with Crippen LogP contribution in [-0.4, -0.2) is 89.6 Å². The van der Waals surface area contributed by atoms with Crippen molar-refractivity contribution < 1.29 is 44.2 Å². The molecule has 346 valence electrons. The Labute approximate surface area is 361 Å². The van der Waals surface area contributed by atoms with Crippen LogP contribution in [0.2, 0.25) is 0 Å². The summed E-state index contributed by atoms with van der Waals surface area (Å²) in [5, 5.41) is 40.2. The van der Waals surface area contributed by atoms with Gasteiger partial charge in [-0.15, -0.1) is 0 Å². The average molecular weight is 837 g/mol. The van der Waals surface area contributed by atoms with Gasteiger partial charge in [-0.25, -0.2) is 0 Å². The second-order valence-corrected chi connectivity index (χ2v) is 16.9. The van der Waals surface area contributed by atoms with Crippen LogP contribution >= 0.6 is 0 Å². The van der Waals surface area contributed by atoms with Gasteiger partial charge in [-0.2, -0.15) is 0 Å². The van der Waals surface area contributed by atoms with E-state index in [1.54, 1.807) is 0 Å². The van der Waals surface area contributed by atoms with Gasteiger partial charge in [0.1, 0.15) is 30.5 Å². The standard InChI is InChI=1S/C50H92O9/c1-3-5-7-9-11-13-15-17-19-21-22-23-24-26-28-30-32-34-36-38-40-56-42-44(43-57-50-49(55)48(54)47(53)45(41-51)59-50)58-46(52)39-37-35-33-31-29-27-25-20-18-16-14-12-10-8-6-4-2/h11,13,17,19,22-23,44-45,47-51,53-55H,3-10,12,14-16,18,20-21,24-43H2,1-2H3/b13-11-,19-17-,23-22-. The van der Waals surface area contributed by atoms with Crippen molar-refractivity contribution in [1.29, 1.82) is 0 Å². The first kappa shape index (κ1) is 55.4. The van der Waals surface area contributed by atoms with Gasteiger partial charge in [0, 0.05) is 13.0 Å². The predicted octanol–water partition coefficient (Wildman–Crippen LogP) is 11.5. The Bertz CT molecular complexity index is 999. The first-order valence-corrected chi connectivity index (χ1v) is 24.6. The Balaban J connectivity index is 2.23. The lowest BCUT2D eigenvalue weighted by atomic mass is 9.99. The summed E-state index contributed by atoms with van der Waals surface area (Å²) in [6.45, 7) is 4.53. The topological polar surface area (TPSA) is 135 Å². The van der Waals surface area contributed by atoms with Crippen molar-refractivity contribution in [3.63, 3.8) is 0 Å². The molecule has 0 saturated carbocycles. The monoisotopic (exact) mass is 837 g/mol. The van der Waals surface area contributed by atoms with Crippen molar-refractivity contribution in [2.45, 2.75) is 250 Å². The lowest BCUT2D eigenvalue weighted by Crippen LogP contribution is -2.59. The maximum Gasteiger partial charge on any atom is 0.306 e. The molecule has 1 heterocycles. The van der Waals surface area contributed by atoms with Crippen LogP contribution in [-0.2, 0) is 23.7 Å². The van der Waals surface area contributed by atoms with Crippen molar-refractivity contribution in [1.82, 2.24) is 0 Å². The van der Waals surface area contributed by atoms with Crippen molar-refractivity contribution in [3.8, 4) is 0 Å². The molecule has 9 nitrogen and oxygen atoms in total. The summed E-state index contributed by atoms with van der Waals surface area (Å²) in [6.07, 6.45) is 43.1. The van der Waals surface area contributed by atoms with E-state index >= 15 is 0 Å². The van der Waals surface area contributed by atoms with Gasteiger partial charge >= 0.3 is 5.97 Å². The number of carbonyl (C=O) groups excluding carboxylic acids is 1. The third-order valence-corrected chi connectivity index (χ3v) is 11.3. The molecule has 0 aromatic carbocycles. The second-order valence-electron chi connectivity index (χ2n) is 16.9. The van der Waals surface area contributed by atoms with Gasteiger partial charge in [-0.3, -0.25) is 4.79 Å². The van der Waals surface area contributed by atoms with Crippen LogP contribution in [0.3, 0.4) is 0 Å². The minimum atomic E-state index is -1.54. The lowest BCUT2D eigenvalue weighted by Gasteiger charge is -2.39. The SMILES string of the molecule is CCCCC/C=C\C/C=C\C/C=C\CCCCCCCCCOCC(COC1OC(CO)C(O)C(O)C1O)OC(=O)CCCCCCCCCCCCCCCCCC. The fourth-order valence-electron chi connectivity index (χ4n) is 7.44. The third-order valence-electron chi connectivity index (χ3n) is 11.3. The maximum atomic E-state index is 12.8. The van der Waals surface area contributed by atoms with Gasteiger partial charge in [0.05, 0.1) is 19.8 Å². The van der Waals surface area contributed by atoms with Gasteiger partial charge in [0.15, 0.2) is 6.29 Å². The third kappa shape index (κ3) is 32.7. The number of rotatable bonds is 42. The molecule has 1 aliphatic heterocycles. The molecule has 9 heteroatoms. The molecule has 59 heavy (non-hydrogen) atoms. The van der Waals surface area contributed by atoms with Crippen molar-refractivity contribution in [2.24, 2.45) is 0 Å². The molecule has 0 radical (unpaired) electrons. The Hall–Kier alpha value is -1.59. The van der Waals surface area contributed by atoms with E-state index in [4.69, 9.17) is 18.9 Å². The van der Waals surface area contributed by atoms with E-state index in [0.717, 1.165) is 57.8 Å². The summed E-state index contributed by atoms with van der Waals surface area (Å²) < 4.78 is 22.9. The zero-order valence-corrected chi connectivity index (χ0v) is 38.0. The number of ether oxygens (including phenoxy) is 4. The van der Waals surface area contributed by atoms with Crippen molar-refractivity contribution in [2.75, 3.05) is 26.4 Å². The minimum absolute atomic E-state index is 0.115. The molecule has 6 unspecified atom stereocenters. The van der Waals surface area contributed by atoms with Crippen LogP contribution in [0.15, 0.2) is 36.5 Å². The van der Waals surface area contributed by atoms with Crippen LogP contribution in [0.1, 0.15) is 213 Å². The zero-order valence-electron chi connectivity index (χ0n) is 38.0. The number of aliphatic hydroxyl groups is 4. The summed E-state index contributed by atoms with van der Waals surface area (Å²) in [6, 6.07) is 0. The summed E-state index contributed by atoms with van der Waals surface area (Å²) in [5.74, 6) is -0.315. The predicted molar refractivity (Wildman–Crippen MR) is 242 cm³/mol. The molecule has 0 spiro atoms. The number of esters is 1. The van der Waals surface area contributed by atoms with Crippen LogP contribution in [0.4, 0.5) is 0 Å². The van der Waals surface area contributed by atoms with E-state index in [0.29, 0.717) is 13.0 Å². The Morgan fingerprint density at radius 3 is 1.51 bits per heavy atom. The highest BCUT2D eigenvalue weighted by Gasteiger charge is 2.44. The first-order chi connectivity index (χ1) is 28.9. The number of carbonyl (C=O) groups is 1. The van der Waals surface area contributed by atoms with Gasteiger partial charge < -0.3 is 39.4 Å². The minimum Gasteiger partial charge on any atom is -0.457 e. The molecule has 1 aliphatic rings. The number of hydrogen-bond donors (Lipinski definition) is 4. The lowest BCUT2D eigenvalue weighted by molar-refractivity contribution is -0.305. The average Bonchev–Trinajstić information content (AvgIpc) is 3.24. The summed E-state index contributed by atoms with van der Waals surface area (Å²) >= 11 is 0. The quantitative estimate of drug-likeness (QED) is 0.0269. The summed E-state index contributed by atoms with van der Waals surface area (Å²) in [4.78, 5) is 12.8.